The van der Waals surface area contributed by atoms with Crippen LogP contribution in [0.4, 0.5) is 0 Å². The highest BCUT2D eigenvalue weighted by Gasteiger charge is 2.21. The molecule has 2 heterocycles. The number of pyridine rings is 1. The minimum Gasteiger partial charge on any atom is -0.352 e. The van der Waals surface area contributed by atoms with Crippen molar-refractivity contribution in [3.05, 3.63) is 58.6 Å². The topological polar surface area (TPSA) is 73.6 Å². The molecule has 5 nitrogen and oxygen atoms in total. The smallest absolute Gasteiger partial charge is 0.254 e. The van der Waals surface area contributed by atoms with E-state index in [1.165, 1.54) is 0 Å². The lowest BCUT2D eigenvalue weighted by Crippen LogP contribution is -2.30. The van der Waals surface area contributed by atoms with Gasteiger partial charge in [0, 0.05) is 6.20 Å². The van der Waals surface area contributed by atoms with Gasteiger partial charge in [-0.2, -0.15) is 0 Å². The maximum absolute atomic E-state index is 12.6. The average Bonchev–Trinajstić information content (AvgIpc) is 2.98. The monoisotopic (exact) mass is 340 g/mol. The van der Waals surface area contributed by atoms with E-state index in [2.05, 4.69) is 34.1 Å². The third-order valence-electron chi connectivity index (χ3n) is 3.81. The summed E-state index contributed by atoms with van der Waals surface area (Å²) >= 11 is 5.20. The van der Waals surface area contributed by atoms with Gasteiger partial charge in [0.15, 0.2) is 0 Å². The number of aromatic nitrogens is 3. The minimum atomic E-state index is -0.195. The molecule has 0 fully saturated rings. The minimum absolute atomic E-state index is 0.192. The van der Waals surface area contributed by atoms with Gasteiger partial charge >= 0.3 is 0 Å². The first-order valence-electron chi connectivity index (χ1n) is 7.98. The molecule has 0 spiro atoms. The second kappa shape index (κ2) is 6.97. The lowest BCUT2D eigenvalue weighted by atomic mass is 10.0. The number of nitrogens with zero attached hydrogens (tertiary/aromatic N) is 1. The summed E-state index contributed by atoms with van der Waals surface area (Å²) in [5.74, 6) is 0.987. The van der Waals surface area contributed by atoms with Crippen LogP contribution in [0.5, 0.6) is 0 Å². The molecule has 0 unspecified atom stereocenters. The number of nitrogens with one attached hydrogen (secondary N) is 3. The van der Waals surface area contributed by atoms with Crippen LogP contribution >= 0.6 is 12.2 Å². The number of hydrogen-bond donors (Lipinski definition) is 3. The molecule has 0 saturated carbocycles. The number of benzene rings is 1. The van der Waals surface area contributed by atoms with Crippen molar-refractivity contribution in [1.82, 2.24) is 20.3 Å². The number of imidazole rings is 1. The van der Waals surface area contributed by atoms with E-state index in [0.717, 1.165) is 23.3 Å². The van der Waals surface area contributed by atoms with Crippen molar-refractivity contribution in [2.75, 3.05) is 0 Å². The van der Waals surface area contributed by atoms with E-state index in [4.69, 9.17) is 12.2 Å². The molecule has 3 rings (SSSR count). The summed E-state index contributed by atoms with van der Waals surface area (Å²) in [6, 6.07) is 11.1. The lowest BCUT2D eigenvalue weighted by Gasteiger charge is -2.18. The van der Waals surface area contributed by atoms with Gasteiger partial charge in [0.1, 0.15) is 10.5 Å². The molecule has 0 aliphatic rings. The number of hydrogen-bond acceptors (Lipinski definition) is 3. The number of carbonyl (C=O) groups excluding carboxylic acids is 1. The molecule has 1 atom stereocenters. The van der Waals surface area contributed by atoms with Crippen LogP contribution in [-0.4, -0.2) is 20.9 Å². The normalized spacial score (nSPS) is 12.5. The molecule has 3 N–H and O–H groups in total. The van der Waals surface area contributed by atoms with Crippen molar-refractivity contribution in [3.8, 4) is 0 Å². The maximum atomic E-state index is 12.6. The second-order valence-corrected chi connectivity index (χ2v) is 6.62. The Morgan fingerprint density at radius 2 is 2.04 bits per heavy atom. The molecule has 24 heavy (non-hydrogen) atoms. The first-order valence-corrected chi connectivity index (χ1v) is 8.38. The Kier molecular flexibility index (Phi) is 4.76. The van der Waals surface area contributed by atoms with Crippen LogP contribution < -0.4 is 5.32 Å². The first kappa shape index (κ1) is 16.4. The number of carbonyl (C=O) groups is 1. The molecule has 0 aliphatic carbocycles. The average molecular weight is 340 g/mol. The summed E-state index contributed by atoms with van der Waals surface area (Å²) in [5, 5.41) is 3.06. The third-order valence-corrected chi connectivity index (χ3v) is 4.15. The van der Waals surface area contributed by atoms with Crippen molar-refractivity contribution in [3.63, 3.8) is 0 Å². The van der Waals surface area contributed by atoms with E-state index >= 15 is 0 Å². The summed E-state index contributed by atoms with van der Waals surface area (Å²) in [6.45, 7) is 4.24. The second-order valence-electron chi connectivity index (χ2n) is 6.21. The zero-order valence-electron chi connectivity index (χ0n) is 13.7. The van der Waals surface area contributed by atoms with Gasteiger partial charge in [0.2, 0.25) is 0 Å². The number of rotatable bonds is 5. The number of para-hydroxylation sites is 2. The molecule has 3 aromatic rings. The number of amides is 1. The summed E-state index contributed by atoms with van der Waals surface area (Å²) in [6.07, 6.45) is 2.50. The molecule has 0 radical (unpaired) electrons. The fourth-order valence-corrected chi connectivity index (χ4v) is 2.91. The molecule has 1 aromatic carbocycles. The summed E-state index contributed by atoms with van der Waals surface area (Å²) in [7, 11) is 0. The molecular weight excluding hydrogens is 320 g/mol. The van der Waals surface area contributed by atoms with Crippen LogP contribution in [-0.2, 0) is 0 Å². The Labute approximate surface area is 145 Å². The number of H-pyrrole nitrogens is 2. The zero-order valence-corrected chi connectivity index (χ0v) is 14.5. The highest BCUT2D eigenvalue weighted by Crippen LogP contribution is 2.22. The fourth-order valence-electron chi connectivity index (χ4n) is 2.68. The summed E-state index contributed by atoms with van der Waals surface area (Å²) in [5.41, 5.74) is 2.33. The van der Waals surface area contributed by atoms with Gasteiger partial charge in [-0.1, -0.05) is 38.2 Å². The molecule has 1 amide bonds. The Morgan fingerprint density at radius 3 is 2.75 bits per heavy atom. The van der Waals surface area contributed by atoms with Crippen LogP contribution in [0.25, 0.3) is 11.0 Å². The molecule has 0 aliphatic heterocycles. The molecular formula is C18H20N4OS. The quantitative estimate of drug-likeness (QED) is 0.611. The Balaban J connectivity index is 1.90. The van der Waals surface area contributed by atoms with Crippen molar-refractivity contribution < 1.29 is 4.79 Å². The van der Waals surface area contributed by atoms with Crippen LogP contribution in [0.2, 0.25) is 0 Å². The summed E-state index contributed by atoms with van der Waals surface area (Å²) < 4.78 is 0.433. The number of aromatic amines is 2. The van der Waals surface area contributed by atoms with E-state index in [0.29, 0.717) is 16.1 Å². The summed E-state index contributed by atoms with van der Waals surface area (Å²) in [4.78, 5) is 23.4. The van der Waals surface area contributed by atoms with Gasteiger partial charge in [0.05, 0.1) is 22.6 Å². The lowest BCUT2D eigenvalue weighted by molar-refractivity contribution is 0.0929. The zero-order chi connectivity index (χ0) is 17.1. The third kappa shape index (κ3) is 3.54. The van der Waals surface area contributed by atoms with Crippen molar-refractivity contribution in [1.29, 1.82) is 0 Å². The predicted octanol–water partition coefficient (Wildman–Crippen LogP) is 4.14. The van der Waals surface area contributed by atoms with Gasteiger partial charge in [-0.25, -0.2) is 4.98 Å². The van der Waals surface area contributed by atoms with Gasteiger partial charge in [-0.15, -0.1) is 0 Å². The maximum Gasteiger partial charge on any atom is 0.254 e. The largest absolute Gasteiger partial charge is 0.352 e. The van der Waals surface area contributed by atoms with Crippen LogP contribution in [0.1, 0.15) is 42.5 Å². The van der Waals surface area contributed by atoms with Crippen LogP contribution in [0.3, 0.4) is 0 Å². The van der Waals surface area contributed by atoms with E-state index < -0.39 is 0 Å². The van der Waals surface area contributed by atoms with E-state index in [1.807, 2.05) is 24.3 Å². The highest BCUT2D eigenvalue weighted by atomic mass is 32.1. The van der Waals surface area contributed by atoms with Crippen molar-refractivity contribution >= 4 is 29.2 Å². The SMILES string of the molecule is CC(C)C[C@H](NC(=O)c1ccc[nH]c1=S)c1nc2ccccc2[nH]1. The Hall–Kier alpha value is -2.47. The van der Waals surface area contributed by atoms with Crippen molar-refractivity contribution in [2.24, 2.45) is 5.92 Å². The number of fused-ring (bicyclic) bond motifs is 1. The molecule has 0 saturated heterocycles. The standard InChI is InChI=1S/C18H20N4OS/c1-11(2)10-15(16-20-13-7-3-4-8-14(13)21-16)22-17(23)12-6-5-9-19-18(12)24/h3-9,11,15H,10H2,1-2H3,(H,19,24)(H,20,21)(H,22,23)/t15-/m0/s1. The predicted molar refractivity (Wildman–Crippen MR) is 97.4 cm³/mol. The van der Waals surface area contributed by atoms with Gasteiger partial charge in [-0.3, -0.25) is 4.79 Å². The molecule has 6 heteroatoms. The van der Waals surface area contributed by atoms with E-state index in [-0.39, 0.29) is 11.9 Å². The Bertz CT molecular complexity index is 879. The molecule has 2 aromatic heterocycles. The van der Waals surface area contributed by atoms with Crippen molar-refractivity contribution in [2.45, 2.75) is 26.3 Å². The van der Waals surface area contributed by atoms with Gasteiger partial charge < -0.3 is 15.3 Å². The molecule has 124 valence electrons. The van der Waals surface area contributed by atoms with Crippen LogP contribution in [0.15, 0.2) is 42.6 Å². The molecule has 0 bridgehead atoms. The first-order chi connectivity index (χ1) is 11.5. The fraction of sp³-hybridized carbons (Fsp3) is 0.278. The van der Waals surface area contributed by atoms with Gasteiger partial charge in [-0.05, 0) is 36.6 Å². The highest BCUT2D eigenvalue weighted by molar-refractivity contribution is 7.71. The van der Waals surface area contributed by atoms with Crippen LogP contribution in [0, 0.1) is 10.6 Å². The van der Waals surface area contributed by atoms with E-state index in [1.54, 1.807) is 18.3 Å². The van der Waals surface area contributed by atoms with Gasteiger partial charge in [0.25, 0.3) is 5.91 Å². The Morgan fingerprint density at radius 1 is 1.25 bits per heavy atom. The van der Waals surface area contributed by atoms with E-state index in [9.17, 15) is 4.79 Å².